The highest BCUT2D eigenvalue weighted by Gasteiger charge is 2.30. The fourth-order valence-electron chi connectivity index (χ4n) is 3.50. The number of imidazole rings is 1. The molecule has 1 N–H and O–H groups in total. The molecule has 1 amide bonds. The third-order valence-corrected chi connectivity index (χ3v) is 4.95. The van der Waals surface area contributed by atoms with E-state index < -0.39 is 0 Å². The highest BCUT2D eigenvalue weighted by molar-refractivity contribution is 6.09. The number of benzene rings is 1. The summed E-state index contributed by atoms with van der Waals surface area (Å²) < 4.78 is 2.01. The minimum atomic E-state index is -0.0544. The van der Waals surface area contributed by atoms with Crippen LogP contribution in [0.1, 0.15) is 44.4 Å². The van der Waals surface area contributed by atoms with Crippen LogP contribution in [0.3, 0.4) is 0 Å². The molecule has 0 bridgehead atoms. The van der Waals surface area contributed by atoms with Crippen LogP contribution in [-0.4, -0.2) is 44.2 Å². The van der Waals surface area contributed by atoms with Crippen molar-refractivity contribution in [1.82, 2.24) is 19.4 Å². The van der Waals surface area contributed by atoms with E-state index >= 15 is 0 Å². The van der Waals surface area contributed by atoms with Crippen LogP contribution in [0.2, 0.25) is 0 Å². The van der Waals surface area contributed by atoms with Crippen molar-refractivity contribution in [1.29, 1.82) is 0 Å². The second kappa shape index (κ2) is 6.63. The van der Waals surface area contributed by atoms with E-state index in [2.05, 4.69) is 9.97 Å². The lowest BCUT2D eigenvalue weighted by atomic mass is 10.0. The van der Waals surface area contributed by atoms with Crippen LogP contribution in [0.5, 0.6) is 0 Å². The lowest BCUT2D eigenvalue weighted by Crippen LogP contribution is -2.28. The lowest BCUT2D eigenvalue weighted by molar-refractivity contribution is 0.0790. The Balaban J connectivity index is 1.45. The molecule has 1 unspecified atom stereocenters. The van der Waals surface area contributed by atoms with Gasteiger partial charge in [-0.05, 0) is 24.6 Å². The Labute approximate surface area is 151 Å². The SMILES string of the molecule is Cn1ccnc1C1CCN(C(=O)c2ccc(C(=O)c3cc[nH]c3)cc2)C1. The number of rotatable bonds is 4. The number of ketones is 1. The number of aromatic amines is 1. The first-order chi connectivity index (χ1) is 12.6. The summed E-state index contributed by atoms with van der Waals surface area (Å²) in [7, 11) is 1.98. The van der Waals surface area contributed by atoms with Crippen molar-refractivity contribution >= 4 is 11.7 Å². The van der Waals surface area contributed by atoms with E-state index in [0.717, 1.165) is 18.8 Å². The third kappa shape index (κ3) is 2.94. The number of carbonyl (C=O) groups excluding carboxylic acids is 2. The molecule has 3 aromatic rings. The molecule has 0 saturated carbocycles. The Hall–Kier alpha value is -3.15. The summed E-state index contributed by atoms with van der Waals surface area (Å²) in [5, 5.41) is 0. The second-order valence-corrected chi connectivity index (χ2v) is 6.64. The fourth-order valence-corrected chi connectivity index (χ4v) is 3.50. The zero-order valence-corrected chi connectivity index (χ0v) is 14.6. The summed E-state index contributed by atoms with van der Waals surface area (Å²) in [6.45, 7) is 1.40. The minimum absolute atomic E-state index is 0.00218. The first-order valence-electron chi connectivity index (χ1n) is 8.67. The summed E-state index contributed by atoms with van der Waals surface area (Å²) in [6, 6.07) is 8.64. The number of nitrogens with one attached hydrogen (secondary N) is 1. The fraction of sp³-hybridized carbons (Fsp3) is 0.250. The largest absolute Gasteiger partial charge is 0.367 e. The van der Waals surface area contributed by atoms with Crippen molar-refractivity contribution in [3.63, 3.8) is 0 Å². The normalized spacial score (nSPS) is 16.8. The van der Waals surface area contributed by atoms with Gasteiger partial charge in [0.25, 0.3) is 5.91 Å². The average Bonchev–Trinajstić information content (AvgIpc) is 3.41. The maximum Gasteiger partial charge on any atom is 0.253 e. The molecule has 6 nitrogen and oxygen atoms in total. The first kappa shape index (κ1) is 16.3. The molecule has 0 aliphatic carbocycles. The van der Waals surface area contributed by atoms with E-state index in [1.165, 1.54) is 0 Å². The van der Waals surface area contributed by atoms with Gasteiger partial charge in [-0.15, -0.1) is 0 Å². The Morgan fingerprint density at radius 2 is 1.88 bits per heavy atom. The molecule has 1 atom stereocenters. The van der Waals surface area contributed by atoms with Gasteiger partial charge in [-0.25, -0.2) is 4.98 Å². The molecular formula is C20H20N4O2. The molecule has 1 aliphatic heterocycles. The van der Waals surface area contributed by atoms with Crippen molar-refractivity contribution in [3.8, 4) is 0 Å². The molecule has 1 saturated heterocycles. The van der Waals surface area contributed by atoms with Gasteiger partial charge in [-0.3, -0.25) is 9.59 Å². The van der Waals surface area contributed by atoms with Crippen LogP contribution in [0.4, 0.5) is 0 Å². The van der Waals surface area contributed by atoms with E-state index in [1.54, 1.807) is 48.9 Å². The predicted octanol–water partition coefficient (Wildman–Crippen LogP) is 2.61. The van der Waals surface area contributed by atoms with Crippen molar-refractivity contribution in [2.24, 2.45) is 7.05 Å². The molecule has 1 aliphatic rings. The van der Waals surface area contributed by atoms with E-state index in [1.807, 2.05) is 22.7 Å². The monoisotopic (exact) mass is 348 g/mol. The third-order valence-electron chi connectivity index (χ3n) is 4.95. The Morgan fingerprint density at radius 3 is 2.54 bits per heavy atom. The van der Waals surface area contributed by atoms with Gasteiger partial charge in [0.1, 0.15) is 5.82 Å². The molecule has 4 rings (SSSR count). The summed E-state index contributed by atoms with van der Waals surface area (Å²) in [4.78, 5) is 34.2. The van der Waals surface area contributed by atoms with Gasteiger partial charge in [-0.2, -0.15) is 0 Å². The topological polar surface area (TPSA) is 71.0 Å². The van der Waals surface area contributed by atoms with Crippen molar-refractivity contribution in [2.45, 2.75) is 12.3 Å². The number of aromatic nitrogens is 3. The quantitative estimate of drug-likeness (QED) is 0.737. The van der Waals surface area contributed by atoms with Crippen LogP contribution in [0.15, 0.2) is 55.1 Å². The number of amides is 1. The zero-order chi connectivity index (χ0) is 18.1. The molecule has 1 fully saturated rings. The summed E-state index contributed by atoms with van der Waals surface area (Å²) in [5.41, 5.74) is 1.80. The van der Waals surface area contributed by atoms with E-state index in [-0.39, 0.29) is 17.6 Å². The molecular weight excluding hydrogens is 328 g/mol. The van der Waals surface area contributed by atoms with Crippen molar-refractivity contribution < 1.29 is 9.59 Å². The molecule has 1 aromatic carbocycles. The Morgan fingerprint density at radius 1 is 1.12 bits per heavy atom. The zero-order valence-electron chi connectivity index (χ0n) is 14.6. The van der Waals surface area contributed by atoms with Crippen LogP contribution in [-0.2, 0) is 7.05 Å². The van der Waals surface area contributed by atoms with Gasteiger partial charge in [0, 0.05) is 67.5 Å². The number of likely N-dealkylation sites (tertiary alicyclic amines) is 1. The standard InChI is InChI=1S/C20H20N4O2/c1-23-11-9-22-19(23)17-7-10-24(13-17)20(26)15-4-2-14(3-5-15)18(25)16-6-8-21-12-16/h2-6,8-9,11-12,17,21H,7,10,13H2,1H3. The summed E-state index contributed by atoms with van der Waals surface area (Å²) in [6.07, 6.45) is 8.03. The van der Waals surface area contributed by atoms with Crippen LogP contribution < -0.4 is 0 Å². The van der Waals surface area contributed by atoms with E-state index in [4.69, 9.17) is 0 Å². The number of nitrogens with zero attached hydrogens (tertiary/aromatic N) is 3. The van der Waals surface area contributed by atoms with Gasteiger partial charge in [0.2, 0.25) is 0 Å². The van der Waals surface area contributed by atoms with Gasteiger partial charge in [0.15, 0.2) is 5.78 Å². The van der Waals surface area contributed by atoms with Crippen LogP contribution in [0.25, 0.3) is 0 Å². The second-order valence-electron chi connectivity index (χ2n) is 6.64. The predicted molar refractivity (Wildman–Crippen MR) is 97.1 cm³/mol. The molecule has 0 radical (unpaired) electrons. The smallest absolute Gasteiger partial charge is 0.253 e. The number of H-pyrrole nitrogens is 1. The highest BCUT2D eigenvalue weighted by atomic mass is 16.2. The lowest BCUT2D eigenvalue weighted by Gasteiger charge is -2.17. The Bertz CT molecular complexity index is 925. The number of aryl methyl sites for hydroxylation is 1. The highest BCUT2D eigenvalue weighted by Crippen LogP contribution is 2.27. The maximum absolute atomic E-state index is 12.8. The molecule has 3 heterocycles. The van der Waals surface area contributed by atoms with E-state index in [0.29, 0.717) is 23.2 Å². The van der Waals surface area contributed by atoms with Gasteiger partial charge < -0.3 is 14.5 Å². The van der Waals surface area contributed by atoms with Gasteiger partial charge in [-0.1, -0.05) is 12.1 Å². The van der Waals surface area contributed by atoms with E-state index in [9.17, 15) is 9.59 Å². The summed E-state index contributed by atoms with van der Waals surface area (Å²) in [5.74, 6) is 1.24. The molecule has 0 spiro atoms. The van der Waals surface area contributed by atoms with Crippen molar-refractivity contribution in [3.05, 3.63) is 77.6 Å². The molecule has 132 valence electrons. The van der Waals surface area contributed by atoms with Crippen LogP contribution in [0, 0.1) is 0 Å². The molecule has 6 heteroatoms. The first-order valence-corrected chi connectivity index (χ1v) is 8.67. The van der Waals surface area contributed by atoms with Crippen molar-refractivity contribution in [2.75, 3.05) is 13.1 Å². The maximum atomic E-state index is 12.8. The molecule has 2 aromatic heterocycles. The number of carbonyl (C=O) groups is 2. The van der Waals surface area contributed by atoms with Gasteiger partial charge >= 0.3 is 0 Å². The number of hydrogen-bond donors (Lipinski definition) is 1. The molecule has 26 heavy (non-hydrogen) atoms. The summed E-state index contributed by atoms with van der Waals surface area (Å²) >= 11 is 0. The van der Waals surface area contributed by atoms with Gasteiger partial charge in [0.05, 0.1) is 0 Å². The Kier molecular flexibility index (Phi) is 4.16. The minimum Gasteiger partial charge on any atom is -0.367 e. The average molecular weight is 348 g/mol. The van der Waals surface area contributed by atoms with Crippen LogP contribution >= 0.6 is 0 Å². The number of hydrogen-bond acceptors (Lipinski definition) is 3.